The Kier molecular flexibility index (Phi) is 5.86. The summed E-state index contributed by atoms with van der Waals surface area (Å²) in [6, 6.07) is 16.5. The van der Waals surface area contributed by atoms with E-state index in [0.717, 1.165) is 11.3 Å². The van der Waals surface area contributed by atoms with Gasteiger partial charge >= 0.3 is 11.8 Å². The lowest BCUT2D eigenvalue weighted by atomic mass is 10.2. The van der Waals surface area contributed by atoms with Crippen molar-refractivity contribution in [3.8, 4) is 5.69 Å². The van der Waals surface area contributed by atoms with Gasteiger partial charge in [0.1, 0.15) is 5.15 Å². The van der Waals surface area contributed by atoms with Crippen molar-refractivity contribution in [2.45, 2.75) is 13.8 Å². The number of para-hydroxylation sites is 1. The molecule has 0 unspecified atom stereocenters. The summed E-state index contributed by atoms with van der Waals surface area (Å²) in [5.41, 5.74) is 5.75. The summed E-state index contributed by atoms with van der Waals surface area (Å²) in [4.78, 5) is 23.8. The molecule has 0 saturated heterocycles. The first kappa shape index (κ1) is 19.3. The van der Waals surface area contributed by atoms with Crippen LogP contribution in [0.2, 0.25) is 5.15 Å². The Morgan fingerprint density at radius 3 is 2.39 bits per heavy atom. The van der Waals surface area contributed by atoms with Crippen molar-refractivity contribution in [3.63, 3.8) is 0 Å². The molecule has 0 spiro atoms. The fourth-order valence-corrected chi connectivity index (χ4v) is 2.75. The Balaban J connectivity index is 1.66. The second kappa shape index (κ2) is 8.49. The minimum atomic E-state index is -0.888. The van der Waals surface area contributed by atoms with Crippen molar-refractivity contribution < 1.29 is 9.59 Å². The lowest BCUT2D eigenvalue weighted by molar-refractivity contribution is -0.136. The van der Waals surface area contributed by atoms with E-state index in [1.54, 1.807) is 23.7 Å². The normalized spacial score (nSPS) is 10.8. The number of anilines is 1. The number of amides is 2. The number of rotatable bonds is 4. The molecule has 2 aromatic carbocycles. The van der Waals surface area contributed by atoms with Gasteiger partial charge in [-0.15, -0.1) is 0 Å². The monoisotopic (exact) mass is 395 g/mol. The van der Waals surface area contributed by atoms with Crippen LogP contribution in [0, 0.1) is 13.8 Å². The van der Waals surface area contributed by atoms with E-state index in [4.69, 9.17) is 11.6 Å². The molecule has 0 saturated carbocycles. The Bertz CT molecular complexity index is 1030. The molecule has 7 nitrogen and oxygen atoms in total. The maximum absolute atomic E-state index is 11.9. The number of carbonyl (C=O) groups excluding carboxylic acids is 2. The molecule has 0 fully saturated rings. The van der Waals surface area contributed by atoms with E-state index >= 15 is 0 Å². The highest BCUT2D eigenvalue weighted by Gasteiger charge is 2.15. The standard InChI is InChI=1S/C20H18ClN5O2/c1-13-8-10-15(11-9-13)23-19(27)20(28)24-22-12-17-14(2)25-26(18(17)21)16-6-4-3-5-7-16/h3-12H,1-2H3,(H,23,27)(H,24,28)/b22-12-. The number of nitrogens with one attached hydrogen (secondary N) is 2. The lowest BCUT2D eigenvalue weighted by Crippen LogP contribution is -2.32. The first-order valence-electron chi connectivity index (χ1n) is 8.47. The number of hydrazone groups is 1. The molecule has 2 amide bonds. The molecular weight excluding hydrogens is 378 g/mol. The zero-order valence-corrected chi connectivity index (χ0v) is 16.1. The van der Waals surface area contributed by atoms with Gasteiger partial charge in [0.15, 0.2) is 0 Å². The van der Waals surface area contributed by atoms with Crippen LogP contribution < -0.4 is 10.7 Å². The van der Waals surface area contributed by atoms with Crippen LogP contribution in [0.4, 0.5) is 5.69 Å². The van der Waals surface area contributed by atoms with Crippen molar-refractivity contribution >= 4 is 35.3 Å². The summed E-state index contributed by atoms with van der Waals surface area (Å²) in [5, 5.41) is 11.1. The van der Waals surface area contributed by atoms with Crippen molar-refractivity contribution in [2.75, 3.05) is 5.32 Å². The van der Waals surface area contributed by atoms with Gasteiger partial charge in [-0.05, 0) is 38.1 Å². The van der Waals surface area contributed by atoms with Gasteiger partial charge < -0.3 is 5.32 Å². The third kappa shape index (κ3) is 4.44. The third-order valence-corrected chi connectivity index (χ3v) is 4.29. The first-order valence-corrected chi connectivity index (χ1v) is 8.85. The number of benzene rings is 2. The number of halogens is 1. The Morgan fingerprint density at radius 2 is 1.71 bits per heavy atom. The maximum atomic E-state index is 11.9. The molecule has 0 bridgehead atoms. The maximum Gasteiger partial charge on any atom is 0.329 e. The van der Waals surface area contributed by atoms with Gasteiger partial charge in [-0.1, -0.05) is 47.5 Å². The van der Waals surface area contributed by atoms with Crippen LogP contribution in [-0.4, -0.2) is 27.8 Å². The van der Waals surface area contributed by atoms with Crippen LogP contribution >= 0.6 is 11.6 Å². The summed E-state index contributed by atoms with van der Waals surface area (Å²) in [5.74, 6) is -1.70. The average molecular weight is 396 g/mol. The van der Waals surface area contributed by atoms with E-state index in [1.807, 2.05) is 49.4 Å². The second-order valence-electron chi connectivity index (χ2n) is 6.06. The van der Waals surface area contributed by atoms with E-state index in [0.29, 0.717) is 22.1 Å². The summed E-state index contributed by atoms with van der Waals surface area (Å²) < 4.78 is 1.57. The molecule has 0 radical (unpaired) electrons. The van der Waals surface area contributed by atoms with E-state index in [2.05, 4.69) is 20.9 Å². The zero-order valence-electron chi connectivity index (χ0n) is 15.3. The Hall–Kier alpha value is -3.45. The van der Waals surface area contributed by atoms with E-state index in [1.165, 1.54) is 6.21 Å². The van der Waals surface area contributed by atoms with Gasteiger partial charge in [-0.2, -0.15) is 10.2 Å². The molecule has 8 heteroatoms. The van der Waals surface area contributed by atoms with Gasteiger partial charge in [0.25, 0.3) is 0 Å². The molecule has 0 aliphatic carbocycles. The van der Waals surface area contributed by atoms with Gasteiger partial charge in [0.05, 0.1) is 23.2 Å². The van der Waals surface area contributed by atoms with Crippen LogP contribution in [0.5, 0.6) is 0 Å². The smallest absolute Gasteiger partial charge is 0.318 e. The summed E-state index contributed by atoms with van der Waals surface area (Å²) >= 11 is 6.38. The molecule has 0 aliphatic rings. The summed E-state index contributed by atoms with van der Waals surface area (Å²) in [7, 11) is 0. The number of hydrogen-bond acceptors (Lipinski definition) is 4. The van der Waals surface area contributed by atoms with E-state index in [-0.39, 0.29) is 0 Å². The predicted molar refractivity (Wildman–Crippen MR) is 109 cm³/mol. The highest BCUT2D eigenvalue weighted by molar-refractivity contribution is 6.39. The van der Waals surface area contributed by atoms with Crippen LogP contribution in [0.25, 0.3) is 5.69 Å². The fraction of sp³-hybridized carbons (Fsp3) is 0.100. The molecular formula is C20H18ClN5O2. The fourth-order valence-electron chi connectivity index (χ4n) is 2.43. The Labute approximate surface area is 167 Å². The van der Waals surface area contributed by atoms with Gasteiger partial charge in [-0.25, -0.2) is 10.1 Å². The minimum Gasteiger partial charge on any atom is -0.318 e. The Morgan fingerprint density at radius 1 is 1.04 bits per heavy atom. The minimum absolute atomic E-state index is 0.353. The summed E-state index contributed by atoms with van der Waals surface area (Å²) in [6.45, 7) is 3.71. The van der Waals surface area contributed by atoms with Crippen molar-refractivity contribution in [3.05, 3.63) is 76.6 Å². The van der Waals surface area contributed by atoms with E-state index in [9.17, 15) is 9.59 Å². The largest absolute Gasteiger partial charge is 0.329 e. The van der Waals surface area contributed by atoms with Gasteiger partial charge in [-0.3, -0.25) is 9.59 Å². The quantitative estimate of drug-likeness (QED) is 0.404. The number of aromatic nitrogens is 2. The molecule has 28 heavy (non-hydrogen) atoms. The van der Waals surface area contributed by atoms with Crippen LogP contribution in [0.1, 0.15) is 16.8 Å². The van der Waals surface area contributed by atoms with Gasteiger partial charge in [0.2, 0.25) is 0 Å². The number of carbonyl (C=O) groups is 2. The third-order valence-electron chi connectivity index (χ3n) is 3.92. The molecule has 3 aromatic rings. The number of hydrogen-bond donors (Lipinski definition) is 2. The number of nitrogens with zero attached hydrogens (tertiary/aromatic N) is 3. The van der Waals surface area contributed by atoms with Gasteiger partial charge in [0, 0.05) is 5.69 Å². The first-order chi connectivity index (χ1) is 13.5. The molecule has 3 rings (SSSR count). The van der Waals surface area contributed by atoms with E-state index < -0.39 is 11.8 Å². The van der Waals surface area contributed by atoms with Crippen LogP contribution in [0.15, 0.2) is 59.7 Å². The zero-order chi connectivity index (χ0) is 20.1. The van der Waals surface area contributed by atoms with Crippen LogP contribution in [0.3, 0.4) is 0 Å². The predicted octanol–water partition coefficient (Wildman–Crippen LogP) is 3.23. The second-order valence-corrected chi connectivity index (χ2v) is 6.41. The molecule has 0 atom stereocenters. The molecule has 142 valence electrons. The highest BCUT2D eigenvalue weighted by atomic mass is 35.5. The van der Waals surface area contributed by atoms with Crippen molar-refractivity contribution in [1.82, 2.24) is 15.2 Å². The molecule has 1 aromatic heterocycles. The highest BCUT2D eigenvalue weighted by Crippen LogP contribution is 2.21. The SMILES string of the molecule is Cc1ccc(NC(=O)C(=O)N/N=C\c2c(C)nn(-c3ccccc3)c2Cl)cc1. The molecule has 1 heterocycles. The van der Waals surface area contributed by atoms with Crippen LogP contribution in [-0.2, 0) is 9.59 Å². The van der Waals surface area contributed by atoms with Crippen molar-refractivity contribution in [2.24, 2.45) is 5.10 Å². The average Bonchev–Trinajstić information content (AvgIpc) is 2.98. The number of aryl methyl sites for hydroxylation is 2. The molecule has 0 aliphatic heterocycles. The lowest BCUT2D eigenvalue weighted by Gasteiger charge is -2.04. The van der Waals surface area contributed by atoms with Crippen molar-refractivity contribution in [1.29, 1.82) is 0 Å². The summed E-state index contributed by atoms with van der Waals surface area (Å²) in [6.07, 6.45) is 1.36. The molecule has 2 N–H and O–H groups in total. The topological polar surface area (TPSA) is 88.4 Å².